The molecule has 0 aliphatic carbocycles. The Morgan fingerprint density at radius 2 is 1.95 bits per heavy atom. The van der Waals surface area contributed by atoms with Gasteiger partial charge in [-0.2, -0.15) is 0 Å². The molecule has 1 atom stereocenters. The molecular formula is C18H28N2O. The van der Waals surface area contributed by atoms with E-state index in [1.165, 1.54) is 31.2 Å². The number of hydrogen-bond acceptors (Lipinski definition) is 2. The summed E-state index contributed by atoms with van der Waals surface area (Å²) >= 11 is 0. The zero-order chi connectivity index (χ0) is 15.2. The average molecular weight is 288 g/mol. The molecule has 0 bridgehead atoms. The van der Waals surface area contributed by atoms with Crippen LogP contribution in [0.15, 0.2) is 18.2 Å². The highest BCUT2D eigenvalue weighted by Crippen LogP contribution is 2.31. The van der Waals surface area contributed by atoms with Crippen LogP contribution in [0, 0.1) is 12.8 Å². The number of anilines is 1. The number of aryl methyl sites for hydroxylation is 1. The summed E-state index contributed by atoms with van der Waals surface area (Å²) in [5.41, 5.74) is 3.26. The molecule has 1 aromatic carbocycles. The van der Waals surface area contributed by atoms with Crippen molar-refractivity contribution in [2.45, 2.75) is 58.9 Å². The molecule has 21 heavy (non-hydrogen) atoms. The van der Waals surface area contributed by atoms with E-state index in [9.17, 15) is 4.79 Å². The van der Waals surface area contributed by atoms with Crippen LogP contribution in [-0.4, -0.2) is 12.5 Å². The van der Waals surface area contributed by atoms with Crippen LogP contribution in [0.4, 0.5) is 5.69 Å². The van der Waals surface area contributed by atoms with Crippen LogP contribution in [-0.2, 0) is 4.79 Å². The molecule has 0 radical (unpaired) electrons. The lowest BCUT2D eigenvalue weighted by Gasteiger charge is -2.12. The molecule has 1 aliphatic rings. The first-order valence-corrected chi connectivity index (χ1v) is 8.22. The van der Waals surface area contributed by atoms with Gasteiger partial charge in [0.05, 0.1) is 0 Å². The van der Waals surface area contributed by atoms with Crippen molar-refractivity contribution < 1.29 is 4.79 Å². The summed E-state index contributed by atoms with van der Waals surface area (Å²) in [4.78, 5) is 12.0. The van der Waals surface area contributed by atoms with E-state index in [1.807, 2.05) is 12.1 Å². The number of unbranched alkanes of at least 4 members (excludes halogenated alkanes) is 3. The van der Waals surface area contributed by atoms with E-state index >= 15 is 0 Å². The minimum Gasteiger partial charge on any atom is -0.324 e. The van der Waals surface area contributed by atoms with Gasteiger partial charge in [0, 0.05) is 11.3 Å². The van der Waals surface area contributed by atoms with Crippen LogP contribution < -0.4 is 10.6 Å². The lowest BCUT2D eigenvalue weighted by molar-refractivity contribution is -0.117. The largest absolute Gasteiger partial charge is 0.324 e. The van der Waals surface area contributed by atoms with Gasteiger partial charge in [0.2, 0.25) is 5.91 Å². The van der Waals surface area contributed by atoms with E-state index in [-0.39, 0.29) is 11.9 Å². The monoisotopic (exact) mass is 288 g/mol. The summed E-state index contributed by atoms with van der Waals surface area (Å²) in [5.74, 6) is 0.889. The van der Waals surface area contributed by atoms with Gasteiger partial charge in [0.15, 0.2) is 0 Å². The molecule has 116 valence electrons. The Balaban J connectivity index is 1.72. The molecular weight excluding hydrogens is 260 g/mol. The van der Waals surface area contributed by atoms with Crippen LogP contribution in [0.25, 0.3) is 0 Å². The maximum Gasteiger partial charge on any atom is 0.246 e. The first kappa shape index (κ1) is 16.0. The van der Waals surface area contributed by atoms with Gasteiger partial charge in [0.25, 0.3) is 0 Å². The summed E-state index contributed by atoms with van der Waals surface area (Å²) < 4.78 is 0. The van der Waals surface area contributed by atoms with Gasteiger partial charge in [-0.1, -0.05) is 57.2 Å². The second-order valence-electron chi connectivity index (χ2n) is 6.56. The highest BCUT2D eigenvalue weighted by Gasteiger charge is 2.29. The molecule has 2 rings (SSSR count). The molecule has 1 aliphatic heterocycles. The maximum atomic E-state index is 12.0. The van der Waals surface area contributed by atoms with Crippen molar-refractivity contribution >= 4 is 11.6 Å². The third-order valence-electron chi connectivity index (χ3n) is 4.09. The SMILES string of the molecule is Cc1ccc2c(c1)C(NCCCCCCC(C)C)C(=O)N2. The lowest BCUT2D eigenvalue weighted by Crippen LogP contribution is -2.28. The van der Waals surface area contributed by atoms with Crippen LogP contribution in [0.1, 0.15) is 63.1 Å². The van der Waals surface area contributed by atoms with Gasteiger partial charge in [-0.15, -0.1) is 0 Å². The van der Waals surface area contributed by atoms with Gasteiger partial charge >= 0.3 is 0 Å². The van der Waals surface area contributed by atoms with Gasteiger partial charge < -0.3 is 10.6 Å². The molecule has 1 heterocycles. The third kappa shape index (κ3) is 4.57. The quantitative estimate of drug-likeness (QED) is 0.704. The second-order valence-corrected chi connectivity index (χ2v) is 6.56. The molecule has 0 saturated carbocycles. The van der Waals surface area contributed by atoms with Crippen molar-refractivity contribution in [2.24, 2.45) is 5.92 Å². The number of rotatable bonds is 8. The van der Waals surface area contributed by atoms with E-state index in [4.69, 9.17) is 0 Å². The molecule has 1 unspecified atom stereocenters. The van der Waals surface area contributed by atoms with Crippen LogP contribution >= 0.6 is 0 Å². The van der Waals surface area contributed by atoms with Gasteiger partial charge in [-0.05, 0) is 31.9 Å². The fourth-order valence-electron chi connectivity index (χ4n) is 2.86. The zero-order valence-electron chi connectivity index (χ0n) is 13.5. The van der Waals surface area contributed by atoms with E-state index in [0.717, 1.165) is 30.1 Å². The van der Waals surface area contributed by atoms with Crippen LogP contribution in [0.5, 0.6) is 0 Å². The molecule has 3 heteroatoms. The predicted octanol–water partition coefficient (Wildman–Crippen LogP) is 4.18. The molecule has 1 aromatic rings. The maximum absolute atomic E-state index is 12.0. The molecule has 1 amide bonds. The summed E-state index contributed by atoms with van der Waals surface area (Å²) in [6.07, 6.45) is 6.33. The van der Waals surface area contributed by atoms with Gasteiger partial charge in [-0.3, -0.25) is 4.79 Å². The number of nitrogens with one attached hydrogen (secondary N) is 2. The molecule has 0 aromatic heterocycles. The minimum atomic E-state index is -0.171. The number of benzene rings is 1. The van der Waals surface area contributed by atoms with Crippen molar-refractivity contribution in [3.63, 3.8) is 0 Å². The lowest BCUT2D eigenvalue weighted by atomic mass is 10.0. The van der Waals surface area contributed by atoms with Crippen molar-refractivity contribution in [3.05, 3.63) is 29.3 Å². The number of carbonyl (C=O) groups excluding carboxylic acids is 1. The van der Waals surface area contributed by atoms with Gasteiger partial charge in [-0.25, -0.2) is 0 Å². The summed E-state index contributed by atoms with van der Waals surface area (Å²) in [7, 11) is 0. The average Bonchev–Trinajstić information content (AvgIpc) is 2.73. The first-order valence-electron chi connectivity index (χ1n) is 8.22. The number of carbonyl (C=O) groups is 1. The van der Waals surface area contributed by atoms with Crippen molar-refractivity contribution in [3.8, 4) is 0 Å². The van der Waals surface area contributed by atoms with E-state index in [1.54, 1.807) is 0 Å². The van der Waals surface area contributed by atoms with Crippen molar-refractivity contribution in [1.82, 2.24) is 5.32 Å². The van der Waals surface area contributed by atoms with Crippen LogP contribution in [0.2, 0.25) is 0 Å². The Labute approximate surface area is 128 Å². The fraction of sp³-hybridized carbons (Fsp3) is 0.611. The Hall–Kier alpha value is -1.35. The zero-order valence-corrected chi connectivity index (χ0v) is 13.5. The highest BCUT2D eigenvalue weighted by molar-refractivity contribution is 6.02. The molecule has 0 saturated heterocycles. The Bertz CT molecular complexity index is 482. The first-order chi connectivity index (χ1) is 10.1. The van der Waals surface area contributed by atoms with Crippen LogP contribution in [0.3, 0.4) is 0 Å². The fourth-order valence-corrected chi connectivity index (χ4v) is 2.86. The van der Waals surface area contributed by atoms with E-state index in [2.05, 4.69) is 37.5 Å². The Kier molecular flexibility index (Phi) is 5.80. The molecule has 0 fully saturated rings. The molecule has 2 N–H and O–H groups in total. The summed E-state index contributed by atoms with van der Waals surface area (Å²) in [5, 5.41) is 6.35. The summed E-state index contributed by atoms with van der Waals surface area (Å²) in [6.45, 7) is 7.53. The topological polar surface area (TPSA) is 41.1 Å². The standard InChI is InChI=1S/C18H28N2O/c1-13(2)8-6-4-5-7-11-19-17-15-12-14(3)9-10-16(15)20-18(17)21/h9-10,12-13,17,19H,4-8,11H2,1-3H3,(H,20,21). The number of amides is 1. The normalized spacial score (nSPS) is 17.1. The number of fused-ring (bicyclic) bond motifs is 1. The van der Waals surface area contributed by atoms with E-state index < -0.39 is 0 Å². The number of hydrogen-bond donors (Lipinski definition) is 2. The third-order valence-corrected chi connectivity index (χ3v) is 4.09. The van der Waals surface area contributed by atoms with E-state index in [0.29, 0.717) is 0 Å². The molecule has 0 spiro atoms. The Morgan fingerprint density at radius 3 is 2.71 bits per heavy atom. The highest BCUT2D eigenvalue weighted by atomic mass is 16.2. The Morgan fingerprint density at radius 1 is 1.19 bits per heavy atom. The van der Waals surface area contributed by atoms with Gasteiger partial charge in [0.1, 0.15) is 6.04 Å². The second kappa shape index (κ2) is 7.60. The minimum absolute atomic E-state index is 0.0791. The summed E-state index contributed by atoms with van der Waals surface area (Å²) in [6, 6.07) is 5.97. The van der Waals surface area contributed by atoms with Crippen molar-refractivity contribution in [2.75, 3.05) is 11.9 Å². The molecule has 3 nitrogen and oxygen atoms in total. The smallest absolute Gasteiger partial charge is 0.246 e. The predicted molar refractivity (Wildman–Crippen MR) is 88.5 cm³/mol. The van der Waals surface area contributed by atoms with Crippen molar-refractivity contribution in [1.29, 1.82) is 0 Å².